The monoisotopic (exact) mass is 178 g/mol. The van der Waals surface area contributed by atoms with E-state index in [9.17, 15) is 0 Å². The Kier molecular flexibility index (Phi) is 2.00. The van der Waals surface area contributed by atoms with Gasteiger partial charge in [0.25, 0.3) is 0 Å². The molecule has 0 bridgehead atoms. The van der Waals surface area contributed by atoms with Gasteiger partial charge in [0.1, 0.15) is 5.75 Å². The van der Waals surface area contributed by atoms with Crippen molar-refractivity contribution >= 4 is 11.4 Å². The molecule has 0 fully saturated rings. The molecule has 0 saturated carbocycles. The van der Waals surface area contributed by atoms with Gasteiger partial charge in [0, 0.05) is 6.54 Å². The molecule has 1 heterocycles. The van der Waals surface area contributed by atoms with E-state index in [0.717, 1.165) is 30.1 Å². The van der Waals surface area contributed by atoms with Gasteiger partial charge in [-0.05, 0) is 24.5 Å². The standard InChI is InChI=1S/C10H14N2O/c1-13-8-5-4-7-3-2-6-12-10(7)9(8)11/h4-5,12H,2-3,6,11H2,1H3. The number of ether oxygens (including phenoxy) is 1. The van der Waals surface area contributed by atoms with Crippen LogP contribution in [0.25, 0.3) is 0 Å². The second-order valence-corrected chi connectivity index (χ2v) is 3.25. The van der Waals surface area contributed by atoms with Crippen LogP contribution in [0.3, 0.4) is 0 Å². The van der Waals surface area contributed by atoms with Crippen molar-refractivity contribution < 1.29 is 4.74 Å². The van der Waals surface area contributed by atoms with Crippen molar-refractivity contribution in [2.75, 3.05) is 24.7 Å². The van der Waals surface area contributed by atoms with Crippen LogP contribution < -0.4 is 15.8 Å². The SMILES string of the molecule is COc1ccc2c(c1N)NCCC2. The lowest BCUT2D eigenvalue weighted by molar-refractivity contribution is 0.417. The summed E-state index contributed by atoms with van der Waals surface area (Å²) in [6.45, 7) is 1.00. The zero-order valence-electron chi connectivity index (χ0n) is 7.76. The van der Waals surface area contributed by atoms with Crippen molar-refractivity contribution in [1.82, 2.24) is 0 Å². The number of fused-ring (bicyclic) bond motifs is 1. The average molecular weight is 178 g/mol. The van der Waals surface area contributed by atoms with Crippen molar-refractivity contribution in [3.63, 3.8) is 0 Å². The molecule has 2 rings (SSSR count). The third-order valence-corrected chi connectivity index (χ3v) is 2.44. The summed E-state index contributed by atoms with van der Waals surface area (Å²) < 4.78 is 5.15. The van der Waals surface area contributed by atoms with E-state index >= 15 is 0 Å². The molecule has 3 heteroatoms. The number of nitrogens with two attached hydrogens (primary N) is 1. The molecule has 0 radical (unpaired) electrons. The normalized spacial score (nSPS) is 14.5. The molecule has 3 N–H and O–H groups in total. The van der Waals surface area contributed by atoms with Gasteiger partial charge in [0.15, 0.2) is 0 Å². The second kappa shape index (κ2) is 3.17. The van der Waals surface area contributed by atoms with E-state index in [4.69, 9.17) is 10.5 Å². The summed E-state index contributed by atoms with van der Waals surface area (Å²) in [5.41, 5.74) is 9.02. The number of anilines is 2. The molecule has 3 nitrogen and oxygen atoms in total. The van der Waals surface area contributed by atoms with Crippen LogP contribution in [0.15, 0.2) is 12.1 Å². The van der Waals surface area contributed by atoms with E-state index in [2.05, 4.69) is 11.4 Å². The molecule has 0 aromatic heterocycles. The first-order valence-corrected chi connectivity index (χ1v) is 4.52. The maximum absolute atomic E-state index is 5.93. The summed E-state index contributed by atoms with van der Waals surface area (Å²) in [6, 6.07) is 4.01. The maximum Gasteiger partial charge on any atom is 0.143 e. The third-order valence-electron chi connectivity index (χ3n) is 2.44. The fraction of sp³-hybridized carbons (Fsp3) is 0.400. The molecule has 1 aliphatic rings. The predicted octanol–water partition coefficient (Wildman–Crippen LogP) is 1.64. The number of nitrogens with one attached hydrogen (secondary N) is 1. The molecular weight excluding hydrogens is 164 g/mol. The molecule has 0 atom stereocenters. The van der Waals surface area contributed by atoms with Crippen LogP contribution in [0.5, 0.6) is 5.75 Å². The predicted molar refractivity (Wildman–Crippen MR) is 54.2 cm³/mol. The van der Waals surface area contributed by atoms with Crippen molar-refractivity contribution in [3.8, 4) is 5.75 Å². The summed E-state index contributed by atoms with van der Waals surface area (Å²) in [5.74, 6) is 0.758. The Labute approximate surface area is 77.9 Å². The van der Waals surface area contributed by atoms with Crippen molar-refractivity contribution in [1.29, 1.82) is 0 Å². The van der Waals surface area contributed by atoms with Gasteiger partial charge in [-0.2, -0.15) is 0 Å². The van der Waals surface area contributed by atoms with E-state index in [1.54, 1.807) is 7.11 Å². The Morgan fingerprint density at radius 1 is 1.46 bits per heavy atom. The molecular formula is C10H14N2O. The van der Waals surface area contributed by atoms with E-state index in [0.29, 0.717) is 0 Å². The Morgan fingerprint density at radius 2 is 2.31 bits per heavy atom. The maximum atomic E-state index is 5.93. The Balaban J connectivity index is 2.48. The average Bonchev–Trinajstić information content (AvgIpc) is 2.19. The van der Waals surface area contributed by atoms with Gasteiger partial charge in [-0.1, -0.05) is 6.07 Å². The lowest BCUT2D eigenvalue weighted by atomic mass is 10.0. The summed E-state index contributed by atoms with van der Waals surface area (Å²) in [5, 5.41) is 3.30. The number of rotatable bonds is 1. The first kappa shape index (κ1) is 8.23. The fourth-order valence-electron chi connectivity index (χ4n) is 1.73. The zero-order chi connectivity index (χ0) is 9.26. The highest BCUT2D eigenvalue weighted by Crippen LogP contribution is 2.35. The van der Waals surface area contributed by atoms with Crippen molar-refractivity contribution in [2.45, 2.75) is 12.8 Å². The van der Waals surface area contributed by atoms with Crippen molar-refractivity contribution in [3.05, 3.63) is 17.7 Å². The molecule has 0 amide bonds. The van der Waals surface area contributed by atoms with E-state index < -0.39 is 0 Å². The topological polar surface area (TPSA) is 47.3 Å². The summed E-state index contributed by atoms with van der Waals surface area (Å²) in [4.78, 5) is 0. The number of benzene rings is 1. The Morgan fingerprint density at radius 3 is 3.08 bits per heavy atom. The fourth-order valence-corrected chi connectivity index (χ4v) is 1.73. The Hall–Kier alpha value is -1.38. The summed E-state index contributed by atoms with van der Waals surface area (Å²) in [6.07, 6.45) is 2.29. The second-order valence-electron chi connectivity index (χ2n) is 3.25. The van der Waals surface area contributed by atoms with Crippen LogP contribution in [0.4, 0.5) is 11.4 Å². The first-order valence-electron chi connectivity index (χ1n) is 4.52. The minimum Gasteiger partial charge on any atom is -0.495 e. The highest BCUT2D eigenvalue weighted by Gasteiger charge is 2.13. The number of hydrogen-bond donors (Lipinski definition) is 2. The van der Waals surface area contributed by atoms with E-state index in [-0.39, 0.29) is 0 Å². The molecule has 13 heavy (non-hydrogen) atoms. The molecule has 70 valence electrons. The van der Waals surface area contributed by atoms with E-state index in [1.165, 1.54) is 12.0 Å². The van der Waals surface area contributed by atoms with Gasteiger partial charge in [0.2, 0.25) is 0 Å². The van der Waals surface area contributed by atoms with Gasteiger partial charge < -0.3 is 15.8 Å². The summed E-state index contributed by atoms with van der Waals surface area (Å²) >= 11 is 0. The number of methoxy groups -OCH3 is 1. The smallest absolute Gasteiger partial charge is 0.143 e. The highest BCUT2D eigenvalue weighted by atomic mass is 16.5. The van der Waals surface area contributed by atoms with Gasteiger partial charge >= 0.3 is 0 Å². The van der Waals surface area contributed by atoms with Crippen LogP contribution in [0.2, 0.25) is 0 Å². The van der Waals surface area contributed by atoms with Crippen LogP contribution in [0.1, 0.15) is 12.0 Å². The van der Waals surface area contributed by atoms with Crippen LogP contribution in [-0.4, -0.2) is 13.7 Å². The number of aryl methyl sites for hydroxylation is 1. The van der Waals surface area contributed by atoms with Crippen LogP contribution in [-0.2, 0) is 6.42 Å². The Bertz CT molecular complexity index is 323. The molecule has 0 aliphatic carbocycles. The molecule has 1 aromatic carbocycles. The first-order chi connectivity index (χ1) is 6.33. The minimum absolute atomic E-state index is 0.736. The quantitative estimate of drug-likeness (QED) is 0.642. The molecule has 1 aliphatic heterocycles. The minimum atomic E-state index is 0.736. The van der Waals surface area contributed by atoms with E-state index in [1.807, 2.05) is 6.07 Å². The van der Waals surface area contributed by atoms with Crippen LogP contribution in [0, 0.1) is 0 Å². The van der Waals surface area contributed by atoms with Gasteiger partial charge in [-0.3, -0.25) is 0 Å². The molecule has 1 aromatic rings. The lowest BCUT2D eigenvalue weighted by Gasteiger charge is -2.20. The van der Waals surface area contributed by atoms with Crippen LogP contribution >= 0.6 is 0 Å². The summed E-state index contributed by atoms with van der Waals surface area (Å²) in [7, 11) is 1.64. The van der Waals surface area contributed by atoms with Crippen molar-refractivity contribution in [2.24, 2.45) is 0 Å². The van der Waals surface area contributed by atoms with Gasteiger partial charge in [-0.25, -0.2) is 0 Å². The number of nitrogen functional groups attached to an aromatic ring is 1. The lowest BCUT2D eigenvalue weighted by Crippen LogP contribution is -2.13. The largest absolute Gasteiger partial charge is 0.495 e. The van der Waals surface area contributed by atoms with Gasteiger partial charge in [0.05, 0.1) is 18.5 Å². The molecule has 0 unspecified atom stereocenters. The molecule has 0 spiro atoms. The van der Waals surface area contributed by atoms with Gasteiger partial charge in [-0.15, -0.1) is 0 Å². The zero-order valence-corrected chi connectivity index (χ0v) is 7.76. The molecule has 0 saturated heterocycles. The third kappa shape index (κ3) is 1.30. The highest BCUT2D eigenvalue weighted by molar-refractivity contribution is 5.77. The number of hydrogen-bond acceptors (Lipinski definition) is 3.